The second kappa shape index (κ2) is 4.14. The molecule has 0 amide bonds. The average molecular weight is 207 g/mol. The molecule has 1 fully saturated rings. The fourth-order valence-electron chi connectivity index (χ4n) is 1.92. The first-order valence-electron chi connectivity index (χ1n) is 5.37. The molecule has 0 unspecified atom stereocenters. The number of aryl methyl sites for hydroxylation is 2. The first-order valence-corrected chi connectivity index (χ1v) is 5.37. The highest BCUT2D eigenvalue weighted by Gasteiger charge is 2.26. The van der Waals surface area contributed by atoms with Crippen LogP contribution in [-0.2, 0) is 0 Å². The number of hydrogen-bond donors (Lipinski definition) is 2. The Bertz CT molecular complexity index is 327. The van der Waals surface area contributed by atoms with Crippen molar-refractivity contribution >= 4 is 5.82 Å². The van der Waals surface area contributed by atoms with Gasteiger partial charge in [0.25, 0.3) is 0 Å². The van der Waals surface area contributed by atoms with Gasteiger partial charge in [0, 0.05) is 18.3 Å². The van der Waals surface area contributed by atoms with Gasteiger partial charge in [-0.3, -0.25) is 0 Å². The van der Waals surface area contributed by atoms with Gasteiger partial charge in [-0.25, -0.2) is 9.97 Å². The predicted molar refractivity (Wildman–Crippen MR) is 58.7 cm³/mol. The third-order valence-corrected chi connectivity index (χ3v) is 2.75. The summed E-state index contributed by atoms with van der Waals surface area (Å²) in [4.78, 5) is 8.52. The van der Waals surface area contributed by atoms with Gasteiger partial charge < -0.3 is 10.4 Å². The number of aliphatic hydroxyl groups is 1. The van der Waals surface area contributed by atoms with Crippen molar-refractivity contribution in [3.05, 3.63) is 17.6 Å². The van der Waals surface area contributed by atoms with Crippen LogP contribution in [0.1, 0.15) is 24.4 Å². The van der Waals surface area contributed by atoms with Crippen LogP contribution >= 0.6 is 0 Å². The molecule has 0 atom stereocenters. The van der Waals surface area contributed by atoms with Crippen LogP contribution in [0.5, 0.6) is 0 Å². The van der Waals surface area contributed by atoms with E-state index in [1.807, 2.05) is 19.9 Å². The number of hydrogen-bond acceptors (Lipinski definition) is 4. The standard InChI is InChI=1S/C11H17N3O/c1-7-3-11(14-8(2)13-7)12-6-9-4-10(15)5-9/h3,9-10,15H,4-6H2,1-2H3,(H,12,13,14). The van der Waals surface area contributed by atoms with E-state index < -0.39 is 0 Å². The fraction of sp³-hybridized carbons (Fsp3) is 0.636. The van der Waals surface area contributed by atoms with Gasteiger partial charge in [0.15, 0.2) is 0 Å². The molecule has 2 N–H and O–H groups in total. The highest BCUT2D eigenvalue weighted by atomic mass is 16.3. The largest absolute Gasteiger partial charge is 0.393 e. The lowest BCUT2D eigenvalue weighted by atomic mass is 9.82. The van der Waals surface area contributed by atoms with Gasteiger partial charge in [0.2, 0.25) is 0 Å². The summed E-state index contributed by atoms with van der Waals surface area (Å²) in [6.45, 7) is 4.76. The Morgan fingerprint density at radius 1 is 1.40 bits per heavy atom. The third kappa shape index (κ3) is 2.65. The normalized spacial score (nSPS) is 24.7. The maximum Gasteiger partial charge on any atom is 0.129 e. The van der Waals surface area contributed by atoms with Crippen LogP contribution in [-0.4, -0.2) is 27.7 Å². The average Bonchev–Trinajstić information content (AvgIpc) is 2.09. The Morgan fingerprint density at radius 3 is 2.73 bits per heavy atom. The van der Waals surface area contributed by atoms with Crippen molar-refractivity contribution in [3.63, 3.8) is 0 Å². The summed E-state index contributed by atoms with van der Waals surface area (Å²) < 4.78 is 0. The Balaban J connectivity index is 1.88. The molecular weight excluding hydrogens is 190 g/mol. The number of anilines is 1. The Labute approximate surface area is 89.8 Å². The summed E-state index contributed by atoms with van der Waals surface area (Å²) in [7, 11) is 0. The van der Waals surface area contributed by atoms with E-state index >= 15 is 0 Å². The van der Waals surface area contributed by atoms with Crippen LogP contribution in [0.4, 0.5) is 5.82 Å². The highest BCUT2D eigenvalue weighted by molar-refractivity contribution is 5.35. The zero-order valence-corrected chi connectivity index (χ0v) is 9.20. The molecule has 4 nitrogen and oxygen atoms in total. The van der Waals surface area contributed by atoms with Crippen molar-refractivity contribution in [2.45, 2.75) is 32.8 Å². The summed E-state index contributed by atoms with van der Waals surface area (Å²) in [5.74, 6) is 2.28. The maximum atomic E-state index is 9.15. The minimum atomic E-state index is -0.0781. The second-order valence-corrected chi connectivity index (χ2v) is 4.31. The molecule has 4 heteroatoms. The number of nitrogens with zero attached hydrogens (tertiary/aromatic N) is 2. The monoisotopic (exact) mass is 207 g/mol. The van der Waals surface area contributed by atoms with Gasteiger partial charge >= 0.3 is 0 Å². The number of aliphatic hydroxyl groups excluding tert-OH is 1. The first-order chi connectivity index (χ1) is 7.13. The van der Waals surface area contributed by atoms with Gasteiger partial charge in [0.05, 0.1) is 6.10 Å². The summed E-state index contributed by atoms with van der Waals surface area (Å²) in [6, 6.07) is 1.95. The summed E-state index contributed by atoms with van der Waals surface area (Å²) >= 11 is 0. The molecule has 1 aliphatic rings. The van der Waals surface area contributed by atoms with E-state index in [-0.39, 0.29) is 6.10 Å². The van der Waals surface area contributed by atoms with Crippen molar-refractivity contribution in [2.24, 2.45) is 5.92 Å². The van der Waals surface area contributed by atoms with Crippen molar-refractivity contribution < 1.29 is 5.11 Å². The number of aromatic nitrogens is 2. The van der Waals surface area contributed by atoms with Crippen molar-refractivity contribution in [2.75, 3.05) is 11.9 Å². The molecule has 0 radical (unpaired) electrons. The highest BCUT2D eigenvalue weighted by Crippen LogP contribution is 2.27. The number of rotatable bonds is 3. The Morgan fingerprint density at radius 2 is 2.13 bits per heavy atom. The summed E-state index contributed by atoms with van der Waals surface area (Å²) in [6.07, 6.45) is 1.75. The maximum absolute atomic E-state index is 9.15. The van der Waals surface area contributed by atoms with Crippen LogP contribution in [0.25, 0.3) is 0 Å². The van der Waals surface area contributed by atoms with Crippen LogP contribution in [0.2, 0.25) is 0 Å². The van der Waals surface area contributed by atoms with Gasteiger partial charge in [-0.2, -0.15) is 0 Å². The van der Waals surface area contributed by atoms with E-state index in [9.17, 15) is 0 Å². The molecule has 0 spiro atoms. The number of nitrogens with one attached hydrogen (secondary N) is 1. The summed E-state index contributed by atoms with van der Waals surface area (Å²) in [5, 5.41) is 12.4. The van der Waals surface area contributed by atoms with Crippen LogP contribution in [0.15, 0.2) is 6.07 Å². The molecule has 2 rings (SSSR count). The van der Waals surface area contributed by atoms with Crippen molar-refractivity contribution in [3.8, 4) is 0 Å². The van der Waals surface area contributed by atoms with E-state index in [0.29, 0.717) is 5.92 Å². The molecule has 1 aromatic heterocycles. The smallest absolute Gasteiger partial charge is 0.129 e. The zero-order chi connectivity index (χ0) is 10.8. The molecule has 0 aromatic carbocycles. The summed E-state index contributed by atoms with van der Waals surface area (Å²) in [5.41, 5.74) is 0.985. The Hall–Kier alpha value is -1.16. The van der Waals surface area contributed by atoms with E-state index in [2.05, 4.69) is 15.3 Å². The topological polar surface area (TPSA) is 58.0 Å². The van der Waals surface area contributed by atoms with E-state index in [1.54, 1.807) is 0 Å². The molecule has 1 saturated carbocycles. The SMILES string of the molecule is Cc1cc(NCC2CC(O)C2)nc(C)n1. The lowest BCUT2D eigenvalue weighted by Crippen LogP contribution is -2.33. The molecule has 0 bridgehead atoms. The van der Waals surface area contributed by atoms with Gasteiger partial charge in [0.1, 0.15) is 11.6 Å². The van der Waals surface area contributed by atoms with E-state index in [4.69, 9.17) is 5.11 Å². The third-order valence-electron chi connectivity index (χ3n) is 2.75. The van der Waals surface area contributed by atoms with Crippen LogP contribution in [0.3, 0.4) is 0 Å². The molecule has 82 valence electrons. The predicted octanol–water partition coefficient (Wildman–Crippen LogP) is 1.28. The molecule has 15 heavy (non-hydrogen) atoms. The lowest BCUT2D eigenvalue weighted by molar-refractivity contribution is 0.0486. The molecule has 1 aromatic rings. The molecule has 1 aliphatic carbocycles. The van der Waals surface area contributed by atoms with E-state index in [1.165, 1.54) is 0 Å². The van der Waals surface area contributed by atoms with Crippen LogP contribution < -0.4 is 5.32 Å². The first kappa shape index (κ1) is 10.4. The van der Waals surface area contributed by atoms with Crippen LogP contribution in [0, 0.1) is 19.8 Å². The van der Waals surface area contributed by atoms with Gasteiger partial charge in [-0.1, -0.05) is 0 Å². The van der Waals surface area contributed by atoms with Gasteiger partial charge in [-0.15, -0.1) is 0 Å². The minimum absolute atomic E-state index is 0.0781. The van der Waals surface area contributed by atoms with Crippen molar-refractivity contribution in [1.82, 2.24) is 9.97 Å². The zero-order valence-electron chi connectivity index (χ0n) is 9.20. The second-order valence-electron chi connectivity index (χ2n) is 4.31. The van der Waals surface area contributed by atoms with Gasteiger partial charge in [-0.05, 0) is 32.6 Å². The lowest BCUT2D eigenvalue weighted by Gasteiger charge is -2.31. The fourth-order valence-corrected chi connectivity index (χ4v) is 1.92. The molecule has 0 aliphatic heterocycles. The minimum Gasteiger partial charge on any atom is -0.393 e. The van der Waals surface area contributed by atoms with E-state index in [0.717, 1.165) is 36.7 Å². The molecule has 1 heterocycles. The molecular formula is C11H17N3O. The quantitative estimate of drug-likeness (QED) is 0.783. The molecule has 0 saturated heterocycles. The Kier molecular flexibility index (Phi) is 2.86. The van der Waals surface area contributed by atoms with Crippen molar-refractivity contribution in [1.29, 1.82) is 0 Å².